The Labute approximate surface area is 254 Å². The van der Waals surface area contributed by atoms with Gasteiger partial charge < -0.3 is 19.9 Å². The number of carboxylic acid groups (broad SMARTS) is 1. The molecule has 0 radical (unpaired) electrons. The van der Waals surface area contributed by atoms with Gasteiger partial charge in [-0.3, -0.25) is 4.31 Å². The molecule has 0 saturated carbocycles. The van der Waals surface area contributed by atoms with Crippen molar-refractivity contribution in [3.05, 3.63) is 67.4 Å². The standard InChI is InChI=1S/C26H25BrCl2N2O7S2/c1-37-26(34)25-23(38-13-21(32)33)22(27)24(39-25)16-3-2-4-18(12-16)31(17-7-9-30-10-8-17)40(35,36)14-15-5-6-19(28)20(29)11-15/h2-6,11-12,17,30H,7-10,13-14H2,1H3,(H,32,33). The van der Waals surface area contributed by atoms with Crippen molar-refractivity contribution in [1.29, 1.82) is 0 Å². The summed E-state index contributed by atoms with van der Waals surface area (Å²) in [7, 11) is -2.66. The Bertz CT molecular complexity index is 1530. The first-order valence-corrected chi connectivity index (χ1v) is 16.0. The van der Waals surface area contributed by atoms with Crippen molar-refractivity contribution in [2.45, 2.75) is 24.6 Å². The zero-order chi connectivity index (χ0) is 29.0. The maximum atomic E-state index is 13.9. The number of thiophene rings is 1. The van der Waals surface area contributed by atoms with E-state index in [9.17, 15) is 18.0 Å². The summed E-state index contributed by atoms with van der Waals surface area (Å²) in [5.74, 6) is -2.13. The van der Waals surface area contributed by atoms with Crippen molar-refractivity contribution in [3.63, 3.8) is 0 Å². The fourth-order valence-electron chi connectivity index (χ4n) is 4.41. The molecule has 214 valence electrons. The van der Waals surface area contributed by atoms with Gasteiger partial charge in [0.05, 0.1) is 37.9 Å². The Morgan fingerprint density at radius 2 is 1.88 bits per heavy atom. The van der Waals surface area contributed by atoms with E-state index in [-0.39, 0.29) is 27.4 Å². The molecule has 2 N–H and O–H groups in total. The van der Waals surface area contributed by atoms with E-state index < -0.39 is 28.6 Å². The monoisotopic (exact) mass is 690 g/mol. The fraction of sp³-hybridized carbons (Fsp3) is 0.308. The number of nitrogens with one attached hydrogen (secondary N) is 1. The van der Waals surface area contributed by atoms with E-state index in [1.807, 2.05) is 0 Å². The molecule has 1 saturated heterocycles. The van der Waals surface area contributed by atoms with Gasteiger partial charge in [0, 0.05) is 6.04 Å². The summed E-state index contributed by atoms with van der Waals surface area (Å²) >= 11 is 16.7. The highest BCUT2D eigenvalue weighted by atomic mass is 79.9. The Kier molecular flexibility index (Phi) is 10.0. The van der Waals surface area contributed by atoms with Gasteiger partial charge in [0.15, 0.2) is 17.2 Å². The summed E-state index contributed by atoms with van der Waals surface area (Å²) in [5.41, 5.74) is 1.57. The van der Waals surface area contributed by atoms with E-state index >= 15 is 0 Å². The lowest BCUT2D eigenvalue weighted by Crippen LogP contribution is -2.46. The van der Waals surface area contributed by atoms with Gasteiger partial charge in [0.1, 0.15) is 0 Å². The number of piperidine rings is 1. The molecule has 4 rings (SSSR count). The number of rotatable bonds is 10. The van der Waals surface area contributed by atoms with Gasteiger partial charge >= 0.3 is 11.9 Å². The average Bonchev–Trinajstić information content (AvgIpc) is 3.25. The van der Waals surface area contributed by atoms with Crippen LogP contribution in [0.2, 0.25) is 10.0 Å². The SMILES string of the molecule is COC(=O)c1sc(-c2cccc(N(C3CCNCC3)S(=O)(=O)Cc3ccc(Cl)c(Cl)c3)c2)c(Br)c1OCC(=O)O. The van der Waals surface area contributed by atoms with Crippen molar-refractivity contribution >= 4 is 78.1 Å². The Morgan fingerprint density at radius 1 is 1.15 bits per heavy atom. The lowest BCUT2D eigenvalue weighted by molar-refractivity contribution is -0.139. The average molecular weight is 692 g/mol. The molecular weight excluding hydrogens is 667 g/mol. The second-order valence-electron chi connectivity index (χ2n) is 8.91. The molecule has 2 heterocycles. The minimum absolute atomic E-state index is 0.0436. The zero-order valence-electron chi connectivity index (χ0n) is 21.2. The molecule has 14 heteroatoms. The number of hydrogen-bond donors (Lipinski definition) is 2. The lowest BCUT2D eigenvalue weighted by atomic mass is 10.1. The quantitative estimate of drug-likeness (QED) is 0.255. The number of methoxy groups -OCH3 is 1. The summed E-state index contributed by atoms with van der Waals surface area (Å²) in [6.07, 6.45) is 1.24. The van der Waals surface area contributed by atoms with Gasteiger partial charge in [-0.2, -0.15) is 0 Å². The van der Waals surface area contributed by atoms with E-state index in [0.29, 0.717) is 57.1 Å². The van der Waals surface area contributed by atoms with Gasteiger partial charge in [-0.15, -0.1) is 11.3 Å². The molecule has 0 spiro atoms. The van der Waals surface area contributed by atoms with Gasteiger partial charge in [0.2, 0.25) is 10.0 Å². The molecule has 1 aromatic heterocycles. The highest BCUT2D eigenvalue weighted by Crippen LogP contribution is 2.46. The molecule has 0 bridgehead atoms. The molecule has 2 aromatic carbocycles. The fourth-order valence-corrected chi connectivity index (χ4v) is 8.53. The number of carbonyl (C=O) groups is 2. The number of anilines is 1. The van der Waals surface area contributed by atoms with E-state index in [1.165, 1.54) is 11.4 Å². The maximum Gasteiger partial charge on any atom is 0.351 e. The number of aliphatic carboxylic acids is 1. The van der Waals surface area contributed by atoms with Crippen LogP contribution in [-0.2, 0) is 25.3 Å². The Hall–Kier alpha value is -2.35. The predicted octanol–water partition coefficient (Wildman–Crippen LogP) is 5.82. The maximum absolute atomic E-state index is 13.9. The van der Waals surface area contributed by atoms with Crippen LogP contribution in [0.3, 0.4) is 0 Å². The van der Waals surface area contributed by atoms with Crippen molar-refractivity contribution in [1.82, 2.24) is 5.32 Å². The number of benzene rings is 2. The van der Waals surface area contributed by atoms with Crippen LogP contribution in [0.15, 0.2) is 46.9 Å². The van der Waals surface area contributed by atoms with Crippen LogP contribution in [0, 0.1) is 0 Å². The van der Waals surface area contributed by atoms with Crippen LogP contribution in [-0.4, -0.2) is 58.3 Å². The smallest absolute Gasteiger partial charge is 0.351 e. The second-order valence-corrected chi connectivity index (χ2v) is 13.4. The number of carboxylic acids is 1. The van der Waals surface area contributed by atoms with Gasteiger partial charge in [-0.1, -0.05) is 41.4 Å². The summed E-state index contributed by atoms with van der Waals surface area (Å²) < 4.78 is 39.9. The Morgan fingerprint density at radius 3 is 2.52 bits per heavy atom. The number of hydrogen-bond acceptors (Lipinski definition) is 8. The van der Waals surface area contributed by atoms with Crippen LogP contribution >= 0.6 is 50.5 Å². The van der Waals surface area contributed by atoms with E-state index in [4.69, 9.17) is 37.8 Å². The normalized spacial score (nSPS) is 14.1. The summed E-state index contributed by atoms with van der Waals surface area (Å²) in [5, 5.41) is 13.0. The number of ether oxygens (including phenoxy) is 2. The summed E-state index contributed by atoms with van der Waals surface area (Å²) in [6.45, 7) is 0.689. The number of nitrogens with zero attached hydrogens (tertiary/aromatic N) is 1. The van der Waals surface area contributed by atoms with Gasteiger partial charge in [-0.05, 0) is 77.3 Å². The predicted molar refractivity (Wildman–Crippen MR) is 159 cm³/mol. The minimum Gasteiger partial charge on any atom is -0.479 e. The van der Waals surface area contributed by atoms with Crippen LogP contribution in [0.25, 0.3) is 10.4 Å². The summed E-state index contributed by atoms with van der Waals surface area (Å²) in [6, 6.07) is 11.4. The molecule has 0 unspecified atom stereocenters. The molecule has 0 atom stereocenters. The first-order chi connectivity index (χ1) is 19.0. The van der Waals surface area contributed by atoms with Gasteiger partial charge in [0.25, 0.3) is 0 Å². The van der Waals surface area contributed by atoms with Crippen molar-refractivity contribution < 1.29 is 32.6 Å². The molecular formula is C26H25BrCl2N2O7S2. The number of carbonyl (C=O) groups excluding carboxylic acids is 1. The first-order valence-electron chi connectivity index (χ1n) is 12.0. The highest BCUT2D eigenvalue weighted by molar-refractivity contribution is 9.10. The zero-order valence-corrected chi connectivity index (χ0v) is 25.9. The van der Waals surface area contributed by atoms with E-state index in [1.54, 1.807) is 42.5 Å². The number of halogens is 3. The van der Waals surface area contributed by atoms with Crippen LogP contribution in [0.4, 0.5) is 5.69 Å². The number of sulfonamides is 1. The minimum atomic E-state index is -3.87. The molecule has 3 aromatic rings. The van der Waals surface area contributed by atoms with E-state index in [2.05, 4.69) is 21.2 Å². The van der Waals surface area contributed by atoms with Crippen LogP contribution in [0.5, 0.6) is 5.75 Å². The molecule has 1 aliphatic rings. The van der Waals surface area contributed by atoms with Crippen LogP contribution < -0.4 is 14.4 Å². The molecule has 0 amide bonds. The Balaban J connectivity index is 1.77. The third-order valence-electron chi connectivity index (χ3n) is 6.16. The molecule has 1 aliphatic heterocycles. The molecule has 9 nitrogen and oxygen atoms in total. The molecule has 1 fully saturated rings. The third kappa shape index (κ3) is 6.92. The van der Waals surface area contributed by atoms with Crippen LogP contribution in [0.1, 0.15) is 28.1 Å². The van der Waals surface area contributed by atoms with Crippen molar-refractivity contribution in [3.8, 4) is 16.2 Å². The van der Waals surface area contributed by atoms with E-state index in [0.717, 1.165) is 11.3 Å². The lowest BCUT2D eigenvalue weighted by Gasteiger charge is -2.35. The molecule has 0 aliphatic carbocycles. The van der Waals surface area contributed by atoms with Crippen molar-refractivity contribution in [2.75, 3.05) is 31.1 Å². The molecule has 40 heavy (non-hydrogen) atoms. The third-order valence-corrected chi connectivity index (χ3v) is 10.9. The largest absolute Gasteiger partial charge is 0.479 e. The second kappa shape index (κ2) is 13.1. The van der Waals surface area contributed by atoms with Gasteiger partial charge in [-0.25, -0.2) is 18.0 Å². The number of esters is 1. The summed E-state index contributed by atoms with van der Waals surface area (Å²) in [4.78, 5) is 24.2. The first kappa shape index (κ1) is 30.6. The van der Waals surface area contributed by atoms with Crippen molar-refractivity contribution in [2.24, 2.45) is 0 Å². The topological polar surface area (TPSA) is 122 Å². The highest BCUT2D eigenvalue weighted by Gasteiger charge is 2.32.